The summed E-state index contributed by atoms with van der Waals surface area (Å²) in [5, 5.41) is 15.5. The highest BCUT2D eigenvalue weighted by molar-refractivity contribution is 5.99. The summed E-state index contributed by atoms with van der Waals surface area (Å²) < 4.78 is 5.28. The molecule has 2 unspecified atom stereocenters. The van der Waals surface area contributed by atoms with Gasteiger partial charge in [0.2, 0.25) is 5.91 Å². The van der Waals surface area contributed by atoms with Crippen molar-refractivity contribution >= 4 is 23.6 Å². The number of amides is 3. The van der Waals surface area contributed by atoms with E-state index in [1.165, 1.54) is 4.90 Å². The predicted octanol–water partition coefficient (Wildman–Crippen LogP) is 4.81. The van der Waals surface area contributed by atoms with Crippen molar-refractivity contribution in [1.82, 2.24) is 10.2 Å². The first-order valence-corrected chi connectivity index (χ1v) is 12.7. The fraction of sp³-hybridized carbons (Fsp3) is 0.483. The number of carbonyl (C=O) groups excluding carboxylic acids is 3. The molecular formula is C29H41N3O5. The van der Waals surface area contributed by atoms with Crippen LogP contribution in [0.4, 0.5) is 10.5 Å². The summed E-state index contributed by atoms with van der Waals surface area (Å²) in [6.07, 6.45) is 0.601. The molecule has 2 aromatic carbocycles. The lowest BCUT2D eigenvalue weighted by atomic mass is 10.00. The molecule has 202 valence electrons. The average Bonchev–Trinajstić information content (AvgIpc) is 2.82. The van der Waals surface area contributed by atoms with Gasteiger partial charge in [-0.1, -0.05) is 61.4 Å². The smallest absolute Gasteiger partial charge is 0.408 e. The molecule has 0 aliphatic carbocycles. The Kier molecular flexibility index (Phi) is 10.7. The van der Waals surface area contributed by atoms with Gasteiger partial charge in [0, 0.05) is 12.2 Å². The molecule has 0 spiro atoms. The molecule has 37 heavy (non-hydrogen) atoms. The second kappa shape index (κ2) is 13.2. The van der Waals surface area contributed by atoms with E-state index in [0.717, 1.165) is 23.1 Å². The van der Waals surface area contributed by atoms with E-state index in [0.29, 0.717) is 17.7 Å². The number of carbonyl (C=O) groups is 3. The number of benzene rings is 2. The molecule has 0 bridgehead atoms. The Labute approximate surface area is 220 Å². The summed E-state index contributed by atoms with van der Waals surface area (Å²) in [4.78, 5) is 41.5. The van der Waals surface area contributed by atoms with Gasteiger partial charge in [0.25, 0.3) is 5.91 Å². The molecule has 0 saturated carbocycles. The maximum absolute atomic E-state index is 13.9. The van der Waals surface area contributed by atoms with Crippen LogP contribution in [0.25, 0.3) is 0 Å². The lowest BCUT2D eigenvalue weighted by Crippen LogP contribution is -2.54. The molecule has 0 saturated heterocycles. The molecule has 8 nitrogen and oxygen atoms in total. The van der Waals surface area contributed by atoms with Gasteiger partial charge in [0.05, 0.1) is 6.61 Å². The van der Waals surface area contributed by atoms with Gasteiger partial charge in [-0.2, -0.15) is 0 Å². The number of nitrogens with one attached hydrogen (secondary N) is 2. The molecule has 2 atom stereocenters. The van der Waals surface area contributed by atoms with Gasteiger partial charge in [0.15, 0.2) is 0 Å². The highest BCUT2D eigenvalue weighted by Gasteiger charge is 2.36. The number of hydrogen-bond acceptors (Lipinski definition) is 5. The average molecular weight is 512 g/mol. The molecule has 2 aromatic rings. The SMILES string of the molecule is CCCCN(C(=O)C(CO)NC(=O)OC(C)(C)C)C(C(=O)Nc1c(C)cccc1C)c1ccc(C)cc1. The second-order valence-corrected chi connectivity index (χ2v) is 10.3. The first-order valence-electron chi connectivity index (χ1n) is 12.7. The van der Waals surface area contributed by atoms with E-state index in [2.05, 4.69) is 10.6 Å². The number of anilines is 1. The first kappa shape index (κ1) is 29.8. The first-order chi connectivity index (χ1) is 17.4. The number of rotatable bonds is 10. The van der Waals surface area contributed by atoms with Crippen molar-refractivity contribution in [2.24, 2.45) is 0 Å². The van der Waals surface area contributed by atoms with Crippen LogP contribution in [0.5, 0.6) is 0 Å². The van der Waals surface area contributed by atoms with Crippen molar-refractivity contribution in [2.45, 2.75) is 79.0 Å². The van der Waals surface area contributed by atoms with Crippen molar-refractivity contribution < 1.29 is 24.2 Å². The Morgan fingerprint density at radius 1 is 1.00 bits per heavy atom. The van der Waals surface area contributed by atoms with E-state index in [9.17, 15) is 19.5 Å². The topological polar surface area (TPSA) is 108 Å². The normalized spacial score (nSPS) is 12.9. The summed E-state index contributed by atoms with van der Waals surface area (Å²) in [6, 6.07) is 10.9. The fourth-order valence-electron chi connectivity index (χ4n) is 3.96. The van der Waals surface area contributed by atoms with Gasteiger partial charge in [-0.05, 0) is 64.7 Å². The molecular weight excluding hydrogens is 470 g/mol. The van der Waals surface area contributed by atoms with Crippen LogP contribution in [0, 0.1) is 20.8 Å². The van der Waals surface area contributed by atoms with E-state index >= 15 is 0 Å². The third-order valence-electron chi connectivity index (χ3n) is 5.89. The number of aliphatic hydroxyl groups excluding tert-OH is 1. The molecule has 0 aliphatic heterocycles. The van der Waals surface area contributed by atoms with Crippen LogP contribution >= 0.6 is 0 Å². The molecule has 0 aliphatic rings. The van der Waals surface area contributed by atoms with Gasteiger partial charge in [-0.15, -0.1) is 0 Å². The van der Waals surface area contributed by atoms with E-state index < -0.39 is 36.3 Å². The summed E-state index contributed by atoms with van der Waals surface area (Å²) in [7, 11) is 0. The highest BCUT2D eigenvalue weighted by Crippen LogP contribution is 2.27. The number of para-hydroxylation sites is 1. The molecule has 0 fully saturated rings. The zero-order chi connectivity index (χ0) is 27.8. The van der Waals surface area contributed by atoms with Gasteiger partial charge in [-0.3, -0.25) is 9.59 Å². The minimum absolute atomic E-state index is 0.264. The Hall–Kier alpha value is -3.39. The van der Waals surface area contributed by atoms with Crippen LogP contribution in [0.2, 0.25) is 0 Å². The predicted molar refractivity (Wildman–Crippen MR) is 145 cm³/mol. The maximum Gasteiger partial charge on any atom is 0.408 e. The Bertz CT molecular complexity index is 1060. The highest BCUT2D eigenvalue weighted by atomic mass is 16.6. The number of aryl methyl sites for hydroxylation is 3. The maximum atomic E-state index is 13.9. The lowest BCUT2D eigenvalue weighted by Gasteiger charge is -2.34. The largest absolute Gasteiger partial charge is 0.444 e. The summed E-state index contributed by atoms with van der Waals surface area (Å²) in [5.74, 6) is -0.941. The van der Waals surface area contributed by atoms with Crippen molar-refractivity contribution in [3.05, 3.63) is 64.7 Å². The van der Waals surface area contributed by atoms with Crippen LogP contribution in [-0.2, 0) is 14.3 Å². The minimum atomic E-state index is -1.27. The molecule has 0 aromatic heterocycles. The summed E-state index contributed by atoms with van der Waals surface area (Å²) in [5.41, 5.74) is 3.38. The van der Waals surface area contributed by atoms with Crippen LogP contribution < -0.4 is 10.6 Å². The van der Waals surface area contributed by atoms with E-state index in [1.807, 2.05) is 70.2 Å². The monoisotopic (exact) mass is 511 g/mol. The number of ether oxygens (including phenoxy) is 1. The van der Waals surface area contributed by atoms with Crippen molar-refractivity contribution in [3.63, 3.8) is 0 Å². The van der Waals surface area contributed by atoms with Gasteiger partial charge >= 0.3 is 6.09 Å². The van der Waals surface area contributed by atoms with Gasteiger partial charge in [-0.25, -0.2) is 4.79 Å². The van der Waals surface area contributed by atoms with Crippen molar-refractivity contribution in [2.75, 3.05) is 18.5 Å². The summed E-state index contributed by atoms with van der Waals surface area (Å²) in [6.45, 7) is 12.5. The van der Waals surface area contributed by atoms with Crippen LogP contribution in [0.15, 0.2) is 42.5 Å². The minimum Gasteiger partial charge on any atom is -0.444 e. The summed E-state index contributed by atoms with van der Waals surface area (Å²) >= 11 is 0. The molecule has 3 amide bonds. The molecule has 0 radical (unpaired) electrons. The molecule has 8 heteroatoms. The van der Waals surface area contributed by atoms with Crippen molar-refractivity contribution in [3.8, 4) is 0 Å². The van der Waals surface area contributed by atoms with Crippen LogP contribution in [0.1, 0.15) is 68.8 Å². The third-order valence-corrected chi connectivity index (χ3v) is 5.89. The standard InChI is InChI=1S/C29H41N3O5/c1-8-9-17-32(27(35)23(18-33)30-28(36)37-29(5,6)7)25(22-15-13-19(2)14-16-22)26(34)31-24-20(3)11-10-12-21(24)4/h10-16,23,25,33H,8-9,17-18H2,1-7H3,(H,30,36)(H,31,34). The quantitative estimate of drug-likeness (QED) is 0.424. The third kappa shape index (κ3) is 8.60. The zero-order valence-corrected chi connectivity index (χ0v) is 23.1. The van der Waals surface area contributed by atoms with E-state index in [1.54, 1.807) is 20.8 Å². The molecule has 3 N–H and O–H groups in total. The Morgan fingerprint density at radius 3 is 2.11 bits per heavy atom. The van der Waals surface area contributed by atoms with Crippen LogP contribution in [-0.4, -0.2) is 52.7 Å². The van der Waals surface area contributed by atoms with Gasteiger partial charge in [0.1, 0.15) is 17.7 Å². The molecule has 2 rings (SSSR count). The second-order valence-electron chi connectivity index (χ2n) is 10.3. The number of alkyl carbamates (subject to hydrolysis) is 1. The van der Waals surface area contributed by atoms with Gasteiger partial charge < -0.3 is 25.4 Å². The molecule has 0 heterocycles. The Morgan fingerprint density at radius 2 is 1.59 bits per heavy atom. The van der Waals surface area contributed by atoms with Crippen LogP contribution in [0.3, 0.4) is 0 Å². The lowest BCUT2D eigenvalue weighted by molar-refractivity contribution is -0.141. The van der Waals surface area contributed by atoms with E-state index in [-0.39, 0.29) is 12.5 Å². The zero-order valence-electron chi connectivity index (χ0n) is 23.1. The number of nitrogens with zero attached hydrogens (tertiary/aromatic N) is 1. The number of unbranched alkanes of at least 4 members (excludes halogenated alkanes) is 1. The fourth-order valence-corrected chi connectivity index (χ4v) is 3.96. The van der Waals surface area contributed by atoms with E-state index in [4.69, 9.17) is 4.74 Å². The van der Waals surface area contributed by atoms with Crippen molar-refractivity contribution in [1.29, 1.82) is 0 Å². The number of aliphatic hydroxyl groups is 1. The Balaban J connectivity index is 2.49. The number of hydrogen-bond donors (Lipinski definition) is 3.